The summed E-state index contributed by atoms with van der Waals surface area (Å²) < 4.78 is 6.10. The van der Waals surface area contributed by atoms with E-state index >= 15 is 0 Å². The Balaban J connectivity index is 2.38. The molecular formula is C12H18BrNO2S. The summed E-state index contributed by atoms with van der Waals surface area (Å²) in [5.41, 5.74) is 0. The molecule has 0 aliphatic rings. The van der Waals surface area contributed by atoms with Crippen LogP contribution in [0.15, 0.2) is 15.9 Å². The normalized spacial score (nSPS) is 12.8. The molecule has 5 heteroatoms. The first-order valence-electron chi connectivity index (χ1n) is 5.61. The molecule has 0 bridgehead atoms. The monoisotopic (exact) mass is 319 g/mol. The van der Waals surface area contributed by atoms with Crippen LogP contribution in [0.3, 0.4) is 0 Å². The summed E-state index contributed by atoms with van der Waals surface area (Å²) in [6, 6.07) is 2.11. The molecule has 0 N–H and O–H groups in total. The lowest BCUT2D eigenvalue weighted by molar-refractivity contribution is -0.147. The number of esters is 1. The van der Waals surface area contributed by atoms with E-state index < -0.39 is 0 Å². The van der Waals surface area contributed by atoms with Crippen LogP contribution in [-0.4, -0.2) is 31.1 Å². The fraction of sp³-hybridized carbons (Fsp3) is 0.583. The minimum atomic E-state index is -0.119. The molecule has 0 radical (unpaired) electrons. The maximum atomic E-state index is 11.5. The van der Waals surface area contributed by atoms with Crippen molar-refractivity contribution in [3.8, 4) is 0 Å². The average Bonchev–Trinajstić information content (AvgIpc) is 2.64. The molecule has 1 heterocycles. The van der Waals surface area contributed by atoms with Crippen molar-refractivity contribution in [3.05, 3.63) is 20.8 Å². The first-order valence-corrected chi connectivity index (χ1v) is 7.28. The van der Waals surface area contributed by atoms with Crippen LogP contribution in [-0.2, 0) is 16.1 Å². The summed E-state index contributed by atoms with van der Waals surface area (Å²) in [7, 11) is 2.02. The van der Waals surface area contributed by atoms with Gasteiger partial charge in [-0.15, -0.1) is 11.3 Å². The Hall–Kier alpha value is -0.390. The van der Waals surface area contributed by atoms with Crippen molar-refractivity contribution in [2.24, 2.45) is 5.92 Å². The molecule has 1 aromatic rings. The number of ether oxygens (including phenoxy) is 1. The van der Waals surface area contributed by atoms with Crippen LogP contribution in [0.4, 0.5) is 0 Å². The Bertz CT molecular complexity index is 367. The molecule has 0 spiro atoms. The van der Waals surface area contributed by atoms with Gasteiger partial charge in [0, 0.05) is 27.8 Å². The summed E-state index contributed by atoms with van der Waals surface area (Å²) in [4.78, 5) is 14.9. The van der Waals surface area contributed by atoms with Crippen LogP contribution in [0.5, 0.6) is 0 Å². The molecule has 0 saturated heterocycles. The molecule has 0 saturated carbocycles. The largest absolute Gasteiger partial charge is 0.466 e. The highest BCUT2D eigenvalue weighted by Crippen LogP contribution is 2.21. The van der Waals surface area contributed by atoms with E-state index in [1.807, 2.05) is 20.9 Å². The number of halogens is 1. The van der Waals surface area contributed by atoms with Gasteiger partial charge in [0.25, 0.3) is 0 Å². The second-order valence-corrected chi connectivity index (χ2v) is 5.99. The standard InChI is InChI=1S/C12H18BrNO2S/c1-4-16-12(15)9(2)6-14(3)7-11-5-10(13)8-17-11/h5,8-9H,4,6-7H2,1-3H3. The zero-order valence-corrected chi connectivity index (χ0v) is 12.8. The van der Waals surface area contributed by atoms with Crippen molar-refractivity contribution in [2.45, 2.75) is 20.4 Å². The van der Waals surface area contributed by atoms with Gasteiger partial charge in [0.1, 0.15) is 0 Å². The molecule has 0 aliphatic heterocycles. The lowest BCUT2D eigenvalue weighted by atomic mass is 10.2. The van der Waals surface area contributed by atoms with E-state index in [4.69, 9.17) is 4.74 Å². The van der Waals surface area contributed by atoms with Gasteiger partial charge in [0.2, 0.25) is 0 Å². The van der Waals surface area contributed by atoms with E-state index in [9.17, 15) is 4.79 Å². The van der Waals surface area contributed by atoms with Gasteiger partial charge < -0.3 is 9.64 Å². The zero-order valence-electron chi connectivity index (χ0n) is 10.4. The number of carbonyl (C=O) groups is 1. The summed E-state index contributed by atoms with van der Waals surface area (Å²) in [5, 5.41) is 2.07. The third-order valence-electron chi connectivity index (χ3n) is 2.32. The molecule has 0 fully saturated rings. The predicted molar refractivity (Wildman–Crippen MR) is 74.2 cm³/mol. The first kappa shape index (κ1) is 14.7. The molecule has 96 valence electrons. The van der Waals surface area contributed by atoms with E-state index in [1.54, 1.807) is 11.3 Å². The van der Waals surface area contributed by atoms with Crippen molar-refractivity contribution in [1.82, 2.24) is 4.90 Å². The Morgan fingerprint density at radius 2 is 2.35 bits per heavy atom. The maximum absolute atomic E-state index is 11.5. The number of hydrogen-bond acceptors (Lipinski definition) is 4. The molecule has 1 rings (SSSR count). The topological polar surface area (TPSA) is 29.5 Å². The molecular weight excluding hydrogens is 302 g/mol. The van der Waals surface area contributed by atoms with Crippen LogP contribution in [0.1, 0.15) is 18.7 Å². The van der Waals surface area contributed by atoms with E-state index in [0.29, 0.717) is 13.2 Å². The molecule has 1 atom stereocenters. The Labute approximate surface area is 115 Å². The van der Waals surface area contributed by atoms with Gasteiger partial charge in [-0.2, -0.15) is 0 Å². The van der Waals surface area contributed by atoms with Crippen LogP contribution < -0.4 is 0 Å². The number of rotatable bonds is 6. The third kappa shape index (κ3) is 5.19. The smallest absolute Gasteiger partial charge is 0.309 e. The van der Waals surface area contributed by atoms with Gasteiger partial charge in [-0.3, -0.25) is 4.79 Å². The molecule has 0 aliphatic carbocycles. The van der Waals surface area contributed by atoms with Crippen LogP contribution in [0, 0.1) is 5.92 Å². The van der Waals surface area contributed by atoms with Gasteiger partial charge in [-0.05, 0) is 36.0 Å². The number of hydrogen-bond donors (Lipinski definition) is 0. The Kier molecular flexibility index (Phi) is 6.16. The summed E-state index contributed by atoms with van der Waals surface area (Å²) in [5.74, 6) is -0.199. The van der Waals surface area contributed by atoms with Crippen molar-refractivity contribution in [2.75, 3.05) is 20.2 Å². The minimum Gasteiger partial charge on any atom is -0.466 e. The average molecular weight is 320 g/mol. The number of nitrogens with zero attached hydrogens (tertiary/aromatic N) is 1. The van der Waals surface area contributed by atoms with Crippen molar-refractivity contribution >= 4 is 33.2 Å². The van der Waals surface area contributed by atoms with E-state index in [0.717, 1.165) is 11.0 Å². The van der Waals surface area contributed by atoms with Gasteiger partial charge >= 0.3 is 5.97 Å². The number of carbonyl (C=O) groups excluding carboxylic acids is 1. The molecule has 0 amide bonds. The zero-order chi connectivity index (χ0) is 12.8. The van der Waals surface area contributed by atoms with E-state index in [1.165, 1.54) is 4.88 Å². The summed E-state index contributed by atoms with van der Waals surface area (Å²) in [6.45, 7) is 5.76. The van der Waals surface area contributed by atoms with Gasteiger partial charge in [0.15, 0.2) is 0 Å². The highest BCUT2D eigenvalue weighted by atomic mass is 79.9. The minimum absolute atomic E-state index is 0.0802. The van der Waals surface area contributed by atoms with Crippen LogP contribution in [0.2, 0.25) is 0 Å². The van der Waals surface area contributed by atoms with Gasteiger partial charge in [-0.1, -0.05) is 6.92 Å². The fourth-order valence-electron chi connectivity index (χ4n) is 1.59. The summed E-state index contributed by atoms with van der Waals surface area (Å²) >= 11 is 5.15. The first-order chi connectivity index (χ1) is 8.02. The highest BCUT2D eigenvalue weighted by molar-refractivity contribution is 9.10. The lowest BCUT2D eigenvalue weighted by Crippen LogP contribution is -2.29. The Morgan fingerprint density at radius 3 is 2.88 bits per heavy atom. The molecule has 0 aromatic carbocycles. The quantitative estimate of drug-likeness (QED) is 0.754. The molecule has 1 aromatic heterocycles. The van der Waals surface area contributed by atoms with Gasteiger partial charge in [0.05, 0.1) is 12.5 Å². The molecule has 3 nitrogen and oxygen atoms in total. The van der Waals surface area contributed by atoms with Gasteiger partial charge in [-0.25, -0.2) is 0 Å². The van der Waals surface area contributed by atoms with Crippen molar-refractivity contribution < 1.29 is 9.53 Å². The molecule has 1 unspecified atom stereocenters. The third-order valence-corrected chi connectivity index (χ3v) is 4.00. The SMILES string of the molecule is CCOC(=O)C(C)CN(C)Cc1cc(Br)cs1. The van der Waals surface area contributed by atoms with Crippen molar-refractivity contribution in [1.29, 1.82) is 0 Å². The fourth-order valence-corrected chi connectivity index (χ4v) is 3.12. The van der Waals surface area contributed by atoms with Crippen LogP contribution in [0.25, 0.3) is 0 Å². The predicted octanol–water partition coefficient (Wildman–Crippen LogP) is 3.14. The second-order valence-electron chi connectivity index (χ2n) is 4.08. The number of thiophene rings is 1. The second kappa shape index (κ2) is 7.13. The lowest BCUT2D eigenvalue weighted by Gasteiger charge is -2.19. The van der Waals surface area contributed by atoms with Crippen LogP contribution >= 0.6 is 27.3 Å². The van der Waals surface area contributed by atoms with E-state index in [-0.39, 0.29) is 11.9 Å². The Morgan fingerprint density at radius 1 is 1.65 bits per heavy atom. The van der Waals surface area contributed by atoms with Crippen molar-refractivity contribution in [3.63, 3.8) is 0 Å². The maximum Gasteiger partial charge on any atom is 0.309 e. The summed E-state index contributed by atoms with van der Waals surface area (Å²) in [6.07, 6.45) is 0. The molecule has 17 heavy (non-hydrogen) atoms. The highest BCUT2D eigenvalue weighted by Gasteiger charge is 2.16. The van der Waals surface area contributed by atoms with E-state index in [2.05, 4.69) is 32.3 Å².